The van der Waals surface area contributed by atoms with E-state index in [-0.39, 0.29) is 5.71 Å². The van der Waals surface area contributed by atoms with E-state index in [1.54, 1.807) is 6.26 Å². The Kier molecular flexibility index (Phi) is 4.52. The SMILES string of the molecule is CSCC(=[N+]=[N-])C(N)C(=O)O. The van der Waals surface area contributed by atoms with Crippen molar-refractivity contribution in [2.75, 3.05) is 12.0 Å². The summed E-state index contributed by atoms with van der Waals surface area (Å²) in [7, 11) is 0. The molecule has 1 unspecified atom stereocenters. The molecule has 0 radical (unpaired) electrons. The maximum Gasteiger partial charge on any atom is 0.332 e. The Labute approximate surface area is 68.2 Å². The predicted molar refractivity (Wildman–Crippen MR) is 42.6 cm³/mol. The van der Waals surface area contributed by atoms with Crippen molar-refractivity contribution < 1.29 is 14.7 Å². The zero-order valence-corrected chi connectivity index (χ0v) is 6.84. The molecule has 0 aromatic carbocycles. The van der Waals surface area contributed by atoms with Crippen molar-refractivity contribution in [2.45, 2.75) is 6.04 Å². The number of thioether (sulfide) groups is 1. The first-order valence-electron chi connectivity index (χ1n) is 2.81. The standard InChI is InChI=1S/C5H9N3O2S/c1-11-2-3(8-7)4(6)5(9)10/h4H,2,6H2,1H3,(H,9,10). The number of carboxylic acid groups (broad SMARTS) is 1. The van der Waals surface area contributed by atoms with Crippen molar-refractivity contribution in [3.63, 3.8) is 0 Å². The van der Waals surface area contributed by atoms with Crippen LogP contribution in [0.3, 0.4) is 0 Å². The predicted octanol–water partition coefficient (Wildman–Crippen LogP) is -0.568. The lowest BCUT2D eigenvalue weighted by Crippen LogP contribution is -2.40. The fourth-order valence-corrected chi connectivity index (χ4v) is 1.00. The molecule has 0 rings (SSSR count). The van der Waals surface area contributed by atoms with Gasteiger partial charge in [-0.15, -0.1) is 0 Å². The van der Waals surface area contributed by atoms with Crippen LogP contribution in [-0.4, -0.2) is 39.6 Å². The highest BCUT2D eigenvalue weighted by molar-refractivity contribution is 7.99. The first-order chi connectivity index (χ1) is 5.13. The first-order valence-corrected chi connectivity index (χ1v) is 4.21. The van der Waals surface area contributed by atoms with Crippen molar-refractivity contribution in [3.05, 3.63) is 5.53 Å². The van der Waals surface area contributed by atoms with Crippen LogP contribution in [0.5, 0.6) is 0 Å². The summed E-state index contributed by atoms with van der Waals surface area (Å²) in [6, 6.07) is -1.20. The first kappa shape index (κ1) is 10.2. The fraction of sp³-hybridized carbons (Fsp3) is 0.600. The van der Waals surface area contributed by atoms with Crippen molar-refractivity contribution in [1.29, 1.82) is 0 Å². The molecule has 0 aromatic rings. The smallest absolute Gasteiger partial charge is 0.332 e. The van der Waals surface area contributed by atoms with Crippen LogP contribution in [0.1, 0.15) is 0 Å². The Hall–Kier alpha value is -0.840. The van der Waals surface area contributed by atoms with E-state index in [0.717, 1.165) is 0 Å². The van der Waals surface area contributed by atoms with E-state index < -0.39 is 12.0 Å². The van der Waals surface area contributed by atoms with Crippen LogP contribution in [0.4, 0.5) is 0 Å². The summed E-state index contributed by atoms with van der Waals surface area (Å²) in [6.45, 7) is 0. The monoisotopic (exact) mass is 175 g/mol. The van der Waals surface area contributed by atoms with E-state index in [1.807, 2.05) is 0 Å². The van der Waals surface area contributed by atoms with Crippen LogP contribution in [-0.2, 0) is 4.79 Å². The maximum absolute atomic E-state index is 10.2. The van der Waals surface area contributed by atoms with Crippen molar-refractivity contribution in [2.24, 2.45) is 5.73 Å². The summed E-state index contributed by atoms with van der Waals surface area (Å²) >= 11 is 1.35. The third-order valence-corrected chi connectivity index (χ3v) is 1.63. The van der Waals surface area contributed by atoms with Crippen LogP contribution in [0.2, 0.25) is 0 Å². The second kappa shape index (κ2) is 4.90. The Balaban J connectivity index is 4.28. The summed E-state index contributed by atoms with van der Waals surface area (Å²) in [5.74, 6) is -0.865. The number of nitrogens with two attached hydrogens (primary N) is 1. The highest BCUT2D eigenvalue weighted by Crippen LogP contribution is 1.94. The average molecular weight is 175 g/mol. The second-order valence-corrected chi connectivity index (χ2v) is 2.71. The summed E-state index contributed by atoms with van der Waals surface area (Å²) in [5.41, 5.74) is 13.5. The molecule has 0 saturated carbocycles. The normalized spacial score (nSPS) is 11.8. The number of hydrogen-bond acceptors (Lipinski definition) is 3. The molecule has 0 bridgehead atoms. The number of carbonyl (C=O) groups is 1. The maximum atomic E-state index is 10.2. The van der Waals surface area contributed by atoms with E-state index in [1.165, 1.54) is 11.8 Å². The second-order valence-electron chi connectivity index (χ2n) is 1.84. The zero-order valence-electron chi connectivity index (χ0n) is 6.02. The van der Waals surface area contributed by atoms with Crippen LogP contribution in [0.25, 0.3) is 5.53 Å². The van der Waals surface area contributed by atoms with Crippen molar-refractivity contribution >= 4 is 23.4 Å². The highest BCUT2D eigenvalue weighted by atomic mass is 32.2. The molecular formula is C5H9N3O2S. The molecule has 11 heavy (non-hydrogen) atoms. The van der Waals surface area contributed by atoms with Gasteiger partial charge in [0.05, 0.1) is 5.75 Å². The molecule has 0 saturated heterocycles. The molecular weight excluding hydrogens is 166 g/mol. The van der Waals surface area contributed by atoms with Gasteiger partial charge >= 0.3 is 11.7 Å². The van der Waals surface area contributed by atoms with Crippen molar-refractivity contribution in [1.82, 2.24) is 0 Å². The van der Waals surface area contributed by atoms with Gasteiger partial charge in [0.2, 0.25) is 6.04 Å². The number of nitrogens with zero attached hydrogens (tertiary/aromatic N) is 2. The van der Waals surface area contributed by atoms with E-state index in [4.69, 9.17) is 16.4 Å². The van der Waals surface area contributed by atoms with Gasteiger partial charge in [0.1, 0.15) is 0 Å². The number of hydrogen-bond donors (Lipinski definition) is 2. The molecule has 0 aliphatic heterocycles. The van der Waals surface area contributed by atoms with Gasteiger partial charge < -0.3 is 16.4 Å². The van der Waals surface area contributed by atoms with E-state index in [0.29, 0.717) is 5.75 Å². The Morgan fingerprint density at radius 3 is 2.73 bits per heavy atom. The average Bonchev–Trinajstić information content (AvgIpc) is 1.98. The highest BCUT2D eigenvalue weighted by Gasteiger charge is 2.25. The van der Waals surface area contributed by atoms with Crippen LogP contribution >= 0.6 is 11.8 Å². The lowest BCUT2D eigenvalue weighted by atomic mass is 10.2. The van der Waals surface area contributed by atoms with Crippen LogP contribution in [0.15, 0.2) is 0 Å². The zero-order chi connectivity index (χ0) is 8.85. The molecule has 0 heterocycles. The lowest BCUT2D eigenvalue weighted by molar-refractivity contribution is -0.137. The van der Waals surface area contributed by atoms with Gasteiger partial charge in [0, 0.05) is 0 Å². The minimum Gasteiger partial charge on any atom is -0.480 e. The molecule has 1 atom stereocenters. The van der Waals surface area contributed by atoms with E-state index >= 15 is 0 Å². The van der Waals surface area contributed by atoms with Crippen LogP contribution in [0, 0.1) is 0 Å². The third-order valence-electron chi connectivity index (χ3n) is 1.05. The van der Waals surface area contributed by atoms with Gasteiger partial charge in [-0.3, -0.25) is 0 Å². The van der Waals surface area contributed by atoms with Gasteiger partial charge in [0.15, 0.2) is 0 Å². The molecule has 0 aromatic heterocycles. The lowest BCUT2D eigenvalue weighted by Gasteiger charge is -1.98. The molecule has 0 amide bonds. The number of aliphatic carboxylic acids is 1. The van der Waals surface area contributed by atoms with Gasteiger partial charge in [-0.05, 0) is 6.26 Å². The number of rotatable bonds is 4. The topological polar surface area (TPSA) is 99.7 Å². The molecule has 0 fully saturated rings. The third kappa shape index (κ3) is 3.18. The van der Waals surface area contributed by atoms with Gasteiger partial charge in [0.25, 0.3) is 0 Å². The van der Waals surface area contributed by atoms with E-state index in [2.05, 4.69) is 4.79 Å². The minimum atomic E-state index is -1.20. The van der Waals surface area contributed by atoms with Crippen molar-refractivity contribution in [3.8, 4) is 0 Å². The largest absolute Gasteiger partial charge is 0.480 e. The van der Waals surface area contributed by atoms with Crippen LogP contribution < -0.4 is 5.73 Å². The number of carboxylic acids is 1. The minimum absolute atomic E-state index is 0.0741. The molecule has 6 heteroatoms. The Morgan fingerprint density at radius 2 is 2.45 bits per heavy atom. The summed E-state index contributed by atoms with van der Waals surface area (Å²) < 4.78 is 0. The quantitative estimate of drug-likeness (QED) is 0.339. The van der Waals surface area contributed by atoms with Gasteiger partial charge in [-0.1, -0.05) is 0 Å². The van der Waals surface area contributed by atoms with Gasteiger partial charge in [-0.2, -0.15) is 16.6 Å². The van der Waals surface area contributed by atoms with Gasteiger partial charge in [-0.25, -0.2) is 4.79 Å². The molecule has 0 spiro atoms. The Bertz CT molecular complexity index is 200. The molecule has 0 aliphatic rings. The molecule has 5 nitrogen and oxygen atoms in total. The summed E-state index contributed by atoms with van der Waals surface area (Å²) in [4.78, 5) is 13.0. The molecule has 3 N–H and O–H groups in total. The summed E-state index contributed by atoms with van der Waals surface area (Å²) in [5, 5.41) is 8.38. The molecule has 0 aliphatic carbocycles. The molecule has 62 valence electrons. The summed E-state index contributed by atoms with van der Waals surface area (Å²) in [6.07, 6.45) is 1.76. The van der Waals surface area contributed by atoms with E-state index in [9.17, 15) is 4.79 Å². The Morgan fingerprint density at radius 1 is 1.91 bits per heavy atom. The fourth-order valence-electron chi connectivity index (χ4n) is 0.471.